The molecule has 1 atom stereocenters. The van der Waals surface area contributed by atoms with Gasteiger partial charge < -0.3 is 4.74 Å². The maximum absolute atomic E-state index is 14.2. The molecule has 0 bridgehead atoms. The summed E-state index contributed by atoms with van der Waals surface area (Å²) in [6, 6.07) is 22.5. The molecule has 0 N–H and O–H groups in total. The van der Waals surface area contributed by atoms with Gasteiger partial charge in [-0.3, -0.25) is 4.79 Å². The van der Waals surface area contributed by atoms with Gasteiger partial charge in [-0.15, -0.1) is 0 Å². The summed E-state index contributed by atoms with van der Waals surface area (Å²) in [5.74, 6) is -1.76. The van der Waals surface area contributed by atoms with E-state index in [0.29, 0.717) is 11.1 Å². The summed E-state index contributed by atoms with van der Waals surface area (Å²) in [5, 5.41) is 0. The lowest BCUT2D eigenvalue weighted by Crippen LogP contribution is -2.21. The van der Waals surface area contributed by atoms with Crippen LogP contribution in [0.25, 0.3) is 0 Å². The number of ketones is 1. The standard InChI is InChI=1S/C21H15FO3/c22-18-14-8-7-13-17(18)20(19(23)15-9-3-1-4-10-15)25-21(24)16-11-5-2-6-12-16/h1-14,20H. The second kappa shape index (κ2) is 7.53. The molecule has 0 saturated heterocycles. The number of hydrogen-bond acceptors (Lipinski definition) is 3. The van der Waals surface area contributed by atoms with Gasteiger partial charge in [-0.2, -0.15) is 0 Å². The molecule has 3 aromatic rings. The number of esters is 1. The number of hydrogen-bond donors (Lipinski definition) is 0. The second-order valence-electron chi connectivity index (χ2n) is 5.40. The Morgan fingerprint density at radius 2 is 1.24 bits per heavy atom. The third-order valence-corrected chi connectivity index (χ3v) is 3.72. The first-order chi connectivity index (χ1) is 12.2. The molecule has 124 valence electrons. The summed E-state index contributed by atoms with van der Waals surface area (Å²) in [6.07, 6.45) is -1.35. The van der Waals surface area contributed by atoms with Crippen LogP contribution in [0.2, 0.25) is 0 Å². The fraction of sp³-hybridized carbons (Fsp3) is 0.0476. The summed E-state index contributed by atoms with van der Waals surface area (Å²) in [6.45, 7) is 0. The van der Waals surface area contributed by atoms with E-state index in [1.54, 1.807) is 66.7 Å². The molecule has 0 aliphatic heterocycles. The molecular formula is C21H15FO3. The molecule has 0 aliphatic carbocycles. The zero-order chi connectivity index (χ0) is 17.6. The van der Waals surface area contributed by atoms with Crippen LogP contribution in [0.4, 0.5) is 4.39 Å². The Labute approximate surface area is 144 Å². The van der Waals surface area contributed by atoms with Crippen molar-refractivity contribution in [2.45, 2.75) is 6.10 Å². The maximum atomic E-state index is 14.2. The minimum atomic E-state index is -1.35. The fourth-order valence-corrected chi connectivity index (χ4v) is 2.45. The number of halogens is 1. The highest BCUT2D eigenvalue weighted by molar-refractivity contribution is 6.02. The highest BCUT2D eigenvalue weighted by Crippen LogP contribution is 2.26. The molecule has 3 aromatic carbocycles. The fourth-order valence-electron chi connectivity index (χ4n) is 2.45. The monoisotopic (exact) mass is 334 g/mol. The zero-order valence-electron chi connectivity index (χ0n) is 13.3. The zero-order valence-corrected chi connectivity index (χ0v) is 13.3. The van der Waals surface area contributed by atoms with Crippen LogP contribution in [-0.4, -0.2) is 11.8 Å². The normalized spacial score (nSPS) is 11.6. The van der Waals surface area contributed by atoms with E-state index in [1.807, 2.05) is 0 Å². The van der Waals surface area contributed by atoms with E-state index in [1.165, 1.54) is 18.2 Å². The first kappa shape index (κ1) is 16.6. The van der Waals surface area contributed by atoms with Gasteiger partial charge in [-0.05, 0) is 18.2 Å². The van der Waals surface area contributed by atoms with Crippen LogP contribution in [0, 0.1) is 5.82 Å². The van der Waals surface area contributed by atoms with Crippen LogP contribution in [0.5, 0.6) is 0 Å². The summed E-state index contributed by atoms with van der Waals surface area (Å²) < 4.78 is 19.6. The molecule has 0 aromatic heterocycles. The minimum Gasteiger partial charge on any atom is -0.445 e. The van der Waals surface area contributed by atoms with Crippen molar-refractivity contribution < 1.29 is 18.7 Å². The van der Waals surface area contributed by atoms with Gasteiger partial charge in [-0.1, -0.05) is 66.7 Å². The Hall–Kier alpha value is -3.27. The smallest absolute Gasteiger partial charge is 0.339 e. The molecule has 0 aliphatic rings. The number of rotatable bonds is 5. The van der Waals surface area contributed by atoms with Crippen molar-refractivity contribution in [1.29, 1.82) is 0 Å². The molecule has 4 heteroatoms. The van der Waals surface area contributed by atoms with Gasteiger partial charge in [0.2, 0.25) is 5.78 Å². The molecule has 0 fully saturated rings. The lowest BCUT2D eigenvalue weighted by Gasteiger charge is -2.18. The van der Waals surface area contributed by atoms with E-state index < -0.39 is 23.7 Å². The number of carbonyl (C=O) groups excluding carboxylic acids is 2. The van der Waals surface area contributed by atoms with Gasteiger partial charge >= 0.3 is 5.97 Å². The molecule has 0 spiro atoms. The van der Waals surface area contributed by atoms with Crippen molar-refractivity contribution in [3.05, 3.63) is 107 Å². The first-order valence-corrected chi connectivity index (χ1v) is 7.76. The molecular weight excluding hydrogens is 319 g/mol. The lowest BCUT2D eigenvalue weighted by molar-refractivity contribution is 0.0273. The van der Waals surface area contributed by atoms with Crippen LogP contribution < -0.4 is 0 Å². The summed E-state index contributed by atoms with van der Waals surface area (Å²) in [7, 11) is 0. The first-order valence-electron chi connectivity index (χ1n) is 7.76. The van der Waals surface area contributed by atoms with Crippen LogP contribution in [0.1, 0.15) is 32.4 Å². The predicted molar refractivity (Wildman–Crippen MR) is 91.8 cm³/mol. The summed E-state index contributed by atoms with van der Waals surface area (Å²) in [5.41, 5.74) is 0.668. The SMILES string of the molecule is O=C(OC(C(=O)c1ccccc1)c1ccccc1F)c1ccccc1. The third kappa shape index (κ3) is 3.80. The Bertz CT molecular complexity index is 876. The highest BCUT2D eigenvalue weighted by Gasteiger charge is 2.28. The Morgan fingerprint density at radius 3 is 1.84 bits per heavy atom. The van der Waals surface area contributed by atoms with E-state index in [-0.39, 0.29) is 5.56 Å². The number of Topliss-reactive ketones (excluding diaryl/α,β-unsaturated/α-hetero) is 1. The number of carbonyl (C=O) groups is 2. The van der Waals surface area contributed by atoms with Crippen LogP contribution in [0.3, 0.4) is 0 Å². The van der Waals surface area contributed by atoms with E-state index >= 15 is 0 Å². The van der Waals surface area contributed by atoms with E-state index in [4.69, 9.17) is 4.74 Å². The maximum Gasteiger partial charge on any atom is 0.339 e. The summed E-state index contributed by atoms with van der Waals surface area (Å²) >= 11 is 0. The Kier molecular flexibility index (Phi) is 5.00. The minimum absolute atomic E-state index is 0.0284. The quantitative estimate of drug-likeness (QED) is 0.506. The molecule has 0 heterocycles. The van der Waals surface area contributed by atoms with Crippen molar-refractivity contribution in [2.75, 3.05) is 0 Å². The van der Waals surface area contributed by atoms with E-state index in [2.05, 4.69) is 0 Å². The molecule has 0 amide bonds. The molecule has 0 radical (unpaired) electrons. The molecule has 0 saturated carbocycles. The van der Waals surface area contributed by atoms with Crippen molar-refractivity contribution in [3.8, 4) is 0 Å². The largest absolute Gasteiger partial charge is 0.445 e. The van der Waals surface area contributed by atoms with E-state index in [0.717, 1.165) is 0 Å². The summed E-state index contributed by atoms with van der Waals surface area (Å²) in [4.78, 5) is 25.2. The predicted octanol–water partition coefficient (Wildman–Crippen LogP) is 4.61. The Balaban J connectivity index is 1.96. The Morgan fingerprint density at radius 1 is 0.720 bits per heavy atom. The topological polar surface area (TPSA) is 43.4 Å². The van der Waals surface area contributed by atoms with Crippen molar-refractivity contribution in [1.82, 2.24) is 0 Å². The van der Waals surface area contributed by atoms with Crippen molar-refractivity contribution in [3.63, 3.8) is 0 Å². The average Bonchev–Trinajstić information content (AvgIpc) is 2.67. The van der Waals surface area contributed by atoms with Crippen molar-refractivity contribution in [2.24, 2.45) is 0 Å². The van der Waals surface area contributed by atoms with Crippen LogP contribution >= 0.6 is 0 Å². The van der Waals surface area contributed by atoms with E-state index in [9.17, 15) is 14.0 Å². The van der Waals surface area contributed by atoms with Gasteiger partial charge in [0.1, 0.15) is 5.82 Å². The molecule has 1 unspecified atom stereocenters. The van der Waals surface area contributed by atoms with Gasteiger partial charge in [0.25, 0.3) is 0 Å². The van der Waals surface area contributed by atoms with Crippen LogP contribution in [0.15, 0.2) is 84.9 Å². The molecule has 25 heavy (non-hydrogen) atoms. The molecule has 3 rings (SSSR count). The van der Waals surface area contributed by atoms with Gasteiger partial charge in [0, 0.05) is 11.1 Å². The second-order valence-corrected chi connectivity index (χ2v) is 5.40. The van der Waals surface area contributed by atoms with Crippen molar-refractivity contribution >= 4 is 11.8 Å². The number of benzene rings is 3. The molecule has 3 nitrogen and oxygen atoms in total. The van der Waals surface area contributed by atoms with Crippen LogP contribution in [-0.2, 0) is 4.74 Å². The number of ether oxygens (including phenoxy) is 1. The van der Waals surface area contributed by atoms with Gasteiger partial charge in [0.05, 0.1) is 5.56 Å². The third-order valence-electron chi connectivity index (χ3n) is 3.72. The van der Waals surface area contributed by atoms with Gasteiger partial charge in [0.15, 0.2) is 6.10 Å². The lowest BCUT2D eigenvalue weighted by atomic mass is 9.99. The van der Waals surface area contributed by atoms with Gasteiger partial charge in [-0.25, -0.2) is 9.18 Å². The average molecular weight is 334 g/mol. The highest BCUT2D eigenvalue weighted by atomic mass is 19.1.